The largest absolute Gasteiger partial charge is 0.396 e. The molecule has 560 valence electrons. The number of fused-ring (bicyclic) bond motifs is 3. The molecule has 0 bridgehead atoms. The first-order chi connectivity index (χ1) is 44.5. The zero-order valence-corrected chi connectivity index (χ0v) is 58.6. The highest BCUT2D eigenvalue weighted by molar-refractivity contribution is 5.29. The molecule has 4 saturated carbocycles. The lowest BCUT2D eigenvalue weighted by atomic mass is 9.44. The standard InChI is InChI=1S/C69H122O27/c1-32(14-18-46(63(6,7)88)92-31-67(11)61(96-69(13)60(87)55(82)50(77)42(25-72)95-69)56(83)51(78)43(94-67)27-90-30-66(10)59(86)54(81)49(76)41(24-71)93-66)33(2)37-20-44(73)68(12)38(34(37)3)15-16-39-40(68)17-19-45(62(39,4)5)91-29-65(9)22-36(48(75)53(80)58(65)85)26-89-28-64(8)21-35(23-70)47(74)52(79)57(64)84/h16,32-38,40-61,70-88H,14-15,17-31H2,1-13H3/t32?,33-,34-,35?,36?,37?,38?,40?,41?,42?,43?,44?,45?,46?,47-,48-,49+,50+,51+,52-,53-,54?,55?,56?,57?,58?,59+,60+,61+,64-,65-,66+,67+,68-,69+/m0/s1. The van der Waals surface area contributed by atoms with Crippen molar-refractivity contribution in [2.75, 3.05) is 59.5 Å². The monoisotopic (exact) mass is 1380 g/mol. The summed E-state index contributed by atoms with van der Waals surface area (Å²) < 4.78 is 50.0. The molecule has 19 N–H and O–H groups in total. The van der Waals surface area contributed by atoms with E-state index in [-0.39, 0.29) is 80.9 Å². The molecular weight excluding hydrogens is 1260 g/mol. The molecule has 0 aromatic carbocycles. The molecule has 0 spiro atoms. The van der Waals surface area contributed by atoms with Gasteiger partial charge in [-0.25, -0.2) is 0 Å². The fourth-order valence-corrected chi connectivity index (χ4v) is 18.6. The highest BCUT2D eigenvalue weighted by Crippen LogP contribution is 2.64. The van der Waals surface area contributed by atoms with Gasteiger partial charge >= 0.3 is 0 Å². The molecule has 27 nitrogen and oxygen atoms in total. The van der Waals surface area contributed by atoms with Crippen LogP contribution in [-0.2, 0) is 37.9 Å². The van der Waals surface area contributed by atoms with Gasteiger partial charge in [0, 0.05) is 40.1 Å². The maximum atomic E-state index is 12.6. The summed E-state index contributed by atoms with van der Waals surface area (Å²) in [4.78, 5) is 0. The number of allylic oxidation sites excluding steroid dienone is 1. The summed E-state index contributed by atoms with van der Waals surface area (Å²) in [6.45, 7) is 20.8. The van der Waals surface area contributed by atoms with E-state index < -0.39 is 211 Å². The number of aliphatic hydroxyl groups excluding tert-OH is 18. The zero-order chi connectivity index (χ0) is 71.7. The third kappa shape index (κ3) is 15.3. The quantitative estimate of drug-likeness (QED) is 0.0436. The van der Waals surface area contributed by atoms with E-state index in [9.17, 15) is 97.0 Å². The van der Waals surface area contributed by atoms with Crippen molar-refractivity contribution in [3.8, 4) is 0 Å². The summed E-state index contributed by atoms with van der Waals surface area (Å²) in [6.07, 6.45) is -23.8. The van der Waals surface area contributed by atoms with E-state index in [4.69, 9.17) is 37.9 Å². The van der Waals surface area contributed by atoms with Crippen molar-refractivity contribution in [2.24, 2.45) is 69.0 Å². The van der Waals surface area contributed by atoms with Crippen LogP contribution in [0.3, 0.4) is 0 Å². The number of rotatable bonds is 25. The Morgan fingerprint density at radius 3 is 1.69 bits per heavy atom. The maximum absolute atomic E-state index is 12.6. The SMILES string of the molecule is CC(CCC(OC[C@@]1(C)OC(COC[C@@]2(C)OC(CO)[C@@H](O)C(O)[C@H]2O)[C@@H](O)C(O)[C@H]1O[C@@]1(C)OC(CO)[C@@H](O)C(O)[C@H]1O)C(C)(C)O)[C@H](C)C1CC(O)[C@]2(C)C3CCC(OC[C@]4(C)CC(COC[C@]5(C)CC(CO)[C@H](O)[C@H](O)C5O)[C@H](O)[C@H](O)C4O)C(C)(C)C3=CCC2[C@H]1C. The molecule has 0 radical (unpaired) electrons. The summed E-state index contributed by atoms with van der Waals surface area (Å²) >= 11 is 0. The van der Waals surface area contributed by atoms with E-state index in [0.29, 0.717) is 25.7 Å². The minimum atomic E-state index is -2.24. The topological polar surface area (TPSA) is 458 Å². The van der Waals surface area contributed by atoms with Gasteiger partial charge in [0.2, 0.25) is 0 Å². The molecule has 3 aliphatic heterocycles. The van der Waals surface area contributed by atoms with Crippen molar-refractivity contribution < 1.29 is 135 Å². The predicted molar refractivity (Wildman–Crippen MR) is 342 cm³/mol. The number of hydrogen-bond acceptors (Lipinski definition) is 27. The second-order valence-electron chi connectivity index (χ2n) is 33.3. The highest BCUT2D eigenvalue weighted by atomic mass is 16.7. The Hall–Kier alpha value is -1.34. The van der Waals surface area contributed by atoms with Gasteiger partial charge in [-0.1, -0.05) is 67.0 Å². The Balaban J connectivity index is 0.914. The zero-order valence-electron chi connectivity index (χ0n) is 58.6. The number of ether oxygens (including phenoxy) is 8. The van der Waals surface area contributed by atoms with Crippen LogP contribution >= 0.6 is 0 Å². The first-order valence-electron chi connectivity index (χ1n) is 35.0. The summed E-state index contributed by atoms with van der Waals surface area (Å²) in [7, 11) is 0. The predicted octanol–water partition coefficient (Wildman–Crippen LogP) is -2.08. The van der Waals surface area contributed by atoms with Crippen molar-refractivity contribution in [3.63, 3.8) is 0 Å². The van der Waals surface area contributed by atoms with Crippen molar-refractivity contribution in [2.45, 2.75) is 292 Å². The lowest BCUT2D eigenvalue weighted by molar-refractivity contribution is -0.402. The molecule has 96 heavy (non-hydrogen) atoms. The molecule has 3 saturated heterocycles. The Kier molecular flexibility index (Phi) is 25.4. The van der Waals surface area contributed by atoms with Gasteiger partial charge in [0.25, 0.3) is 0 Å². The highest BCUT2D eigenvalue weighted by Gasteiger charge is 2.63. The third-order valence-electron chi connectivity index (χ3n) is 25.5. The molecule has 0 aromatic heterocycles. The first-order valence-corrected chi connectivity index (χ1v) is 35.0. The summed E-state index contributed by atoms with van der Waals surface area (Å²) in [6, 6.07) is 0. The van der Waals surface area contributed by atoms with E-state index in [1.54, 1.807) is 20.8 Å². The minimum Gasteiger partial charge on any atom is -0.396 e. The molecule has 27 heteroatoms. The molecule has 8 rings (SSSR count). The fourth-order valence-electron chi connectivity index (χ4n) is 18.6. The second-order valence-corrected chi connectivity index (χ2v) is 33.3. The molecule has 35 atom stereocenters. The van der Waals surface area contributed by atoms with E-state index in [0.717, 1.165) is 12.8 Å². The Morgan fingerprint density at radius 2 is 1.09 bits per heavy atom. The second kappa shape index (κ2) is 30.4. The molecule has 7 fully saturated rings. The van der Waals surface area contributed by atoms with Crippen molar-refractivity contribution in [1.82, 2.24) is 0 Å². The van der Waals surface area contributed by atoms with Crippen LogP contribution < -0.4 is 0 Å². The van der Waals surface area contributed by atoms with Crippen molar-refractivity contribution in [3.05, 3.63) is 11.6 Å². The molecule has 3 heterocycles. The van der Waals surface area contributed by atoms with E-state index in [2.05, 4.69) is 47.6 Å². The van der Waals surface area contributed by atoms with Crippen molar-refractivity contribution >= 4 is 0 Å². The van der Waals surface area contributed by atoms with Crippen LogP contribution in [0.1, 0.15) is 141 Å². The van der Waals surface area contributed by atoms with Crippen LogP contribution in [0.4, 0.5) is 0 Å². The minimum absolute atomic E-state index is 0.0357. The normalized spacial score (nSPS) is 50.2. The van der Waals surface area contributed by atoms with Crippen LogP contribution in [0.25, 0.3) is 0 Å². The van der Waals surface area contributed by atoms with E-state index >= 15 is 0 Å². The number of aliphatic hydroxyl groups is 19. The van der Waals surface area contributed by atoms with Crippen LogP contribution in [0.5, 0.6) is 0 Å². The summed E-state index contributed by atoms with van der Waals surface area (Å²) in [5.41, 5.74) is -6.73. The molecule has 0 aromatic rings. The fraction of sp³-hybridized carbons (Fsp3) is 0.971. The van der Waals surface area contributed by atoms with E-state index in [1.807, 2.05) is 6.92 Å². The average molecular weight is 1380 g/mol. The molecule has 8 aliphatic rings. The van der Waals surface area contributed by atoms with Gasteiger partial charge in [-0.05, 0) is 121 Å². The number of hydrogen-bond donors (Lipinski definition) is 19. The Labute approximate surface area is 565 Å². The van der Waals surface area contributed by atoms with Crippen LogP contribution in [0, 0.1) is 69.0 Å². The van der Waals surface area contributed by atoms with Crippen LogP contribution in [0.15, 0.2) is 11.6 Å². The summed E-state index contributed by atoms with van der Waals surface area (Å²) in [5, 5.41) is 208. The van der Waals surface area contributed by atoms with Gasteiger partial charge in [-0.15, -0.1) is 0 Å². The molecule has 5 aliphatic carbocycles. The van der Waals surface area contributed by atoms with Gasteiger partial charge in [0.15, 0.2) is 5.79 Å². The van der Waals surface area contributed by atoms with Crippen LogP contribution in [0.2, 0.25) is 0 Å². The first kappa shape index (κ1) is 80.3. The third-order valence-corrected chi connectivity index (χ3v) is 25.5. The smallest absolute Gasteiger partial charge is 0.195 e. The molecule has 17 unspecified atom stereocenters. The van der Waals surface area contributed by atoms with Gasteiger partial charge in [-0.3, -0.25) is 0 Å². The van der Waals surface area contributed by atoms with Gasteiger partial charge in [-0.2, -0.15) is 0 Å². The Morgan fingerprint density at radius 1 is 0.562 bits per heavy atom. The molecular formula is C69H122O27. The van der Waals surface area contributed by atoms with Gasteiger partial charge in [0.05, 0.1) is 101 Å². The lowest BCUT2D eigenvalue weighted by Gasteiger charge is -2.62. The Bertz CT molecular complexity index is 2540. The van der Waals surface area contributed by atoms with E-state index in [1.165, 1.54) is 26.3 Å². The van der Waals surface area contributed by atoms with Crippen molar-refractivity contribution in [1.29, 1.82) is 0 Å². The van der Waals surface area contributed by atoms with Crippen LogP contribution in [-0.4, -0.2) is 307 Å². The van der Waals surface area contributed by atoms with Gasteiger partial charge in [0.1, 0.15) is 96.7 Å². The lowest BCUT2D eigenvalue weighted by Crippen LogP contribution is -2.72. The summed E-state index contributed by atoms with van der Waals surface area (Å²) in [5.74, 6) is -2.94. The maximum Gasteiger partial charge on any atom is 0.195 e. The average Bonchev–Trinajstić information content (AvgIpc) is 0.714. The van der Waals surface area contributed by atoms with Gasteiger partial charge < -0.3 is 135 Å². The molecule has 0 amide bonds.